The summed E-state index contributed by atoms with van der Waals surface area (Å²) in [7, 11) is 0. The first-order valence-electron chi connectivity index (χ1n) is 2.62. The molecule has 0 amide bonds. The van der Waals surface area contributed by atoms with Crippen molar-refractivity contribution >= 4 is 0 Å². The lowest BCUT2D eigenvalue weighted by molar-refractivity contribution is 1.09. The van der Waals surface area contributed by atoms with Crippen LogP contribution in [0.25, 0.3) is 0 Å². The van der Waals surface area contributed by atoms with Crippen LogP contribution >= 0.6 is 0 Å². The van der Waals surface area contributed by atoms with Crippen LogP contribution in [0.3, 0.4) is 0 Å². The maximum atomic E-state index is 3.00. The predicted molar refractivity (Wildman–Crippen MR) is 28.8 cm³/mol. The fourth-order valence-corrected chi connectivity index (χ4v) is 0. The zero-order chi connectivity index (χ0) is 4.83. The van der Waals surface area contributed by atoms with E-state index in [9.17, 15) is 0 Å². The second kappa shape index (κ2) is 4.96. The molecule has 1 saturated heterocycles. The minimum Gasteiger partial charge on any atom is -0.314 e. The number of hydrogen-bond donors (Lipinski definition) is 1. The van der Waals surface area contributed by atoms with Gasteiger partial charge in [0.15, 0.2) is 0 Å². The van der Waals surface area contributed by atoms with Gasteiger partial charge < -0.3 is 5.32 Å². The molecule has 1 rings (SSSR count). The van der Waals surface area contributed by atoms with Gasteiger partial charge in [0.2, 0.25) is 0 Å². The lowest BCUT2D eigenvalue weighted by atomic mass is 10.6. The maximum Gasteiger partial charge on any atom is 0.00772 e. The molecule has 0 atom stereocenters. The highest BCUT2D eigenvalue weighted by molar-refractivity contribution is 4.58. The summed E-state index contributed by atoms with van der Waals surface area (Å²) in [4.78, 5) is 0. The van der Waals surface area contributed by atoms with E-state index in [4.69, 9.17) is 0 Å². The minimum absolute atomic E-state index is 1.25. The first-order valence-corrected chi connectivity index (χ1v) is 2.62. The van der Waals surface area contributed by atoms with Gasteiger partial charge >= 0.3 is 0 Å². The molecule has 0 aliphatic carbocycles. The van der Waals surface area contributed by atoms with Crippen molar-refractivity contribution in [3.63, 3.8) is 0 Å². The van der Waals surface area contributed by atoms with Crippen LogP contribution in [0.4, 0.5) is 0 Å². The quantitative estimate of drug-likeness (QED) is 0.437. The van der Waals surface area contributed by atoms with Crippen molar-refractivity contribution in [3.8, 4) is 0 Å². The Morgan fingerprint density at radius 1 is 1.33 bits per heavy atom. The third kappa shape index (κ3) is 37.6. The van der Waals surface area contributed by atoms with Gasteiger partial charge in [-0.3, -0.25) is 0 Å². The van der Waals surface area contributed by atoms with Crippen LogP contribution in [0.15, 0.2) is 0 Å². The van der Waals surface area contributed by atoms with Crippen molar-refractivity contribution in [1.82, 2.24) is 5.32 Å². The molecular weight excluding hydrogens is 74.1 g/mol. The van der Waals surface area contributed by atoms with Gasteiger partial charge in [-0.15, -0.1) is 0 Å². The third-order valence-corrected chi connectivity index (χ3v) is 0.250. The zero-order valence-corrected chi connectivity index (χ0v) is 4.62. The van der Waals surface area contributed by atoms with Gasteiger partial charge in [-0.05, 0) is 0 Å². The Hall–Kier alpha value is -0.0400. The molecule has 1 heteroatoms. The lowest BCUT2D eigenvalue weighted by Gasteiger charge is -1.48. The van der Waals surface area contributed by atoms with Crippen molar-refractivity contribution < 1.29 is 0 Å². The van der Waals surface area contributed by atoms with Gasteiger partial charge in [-0.1, -0.05) is 20.3 Å². The van der Waals surface area contributed by atoms with E-state index in [-0.39, 0.29) is 0 Å². The minimum atomic E-state index is 1.25. The molecule has 1 heterocycles. The average Bonchev–Trinajstić information content (AvgIpc) is 2.11. The van der Waals surface area contributed by atoms with Crippen LogP contribution < -0.4 is 5.32 Å². The molecule has 1 N–H and O–H groups in total. The van der Waals surface area contributed by atoms with E-state index in [1.165, 1.54) is 19.5 Å². The molecule has 1 aliphatic rings. The molecule has 0 saturated carbocycles. The summed E-state index contributed by atoms with van der Waals surface area (Å²) in [5.74, 6) is 0. The number of nitrogens with one attached hydrogen (secondary N) is 1. The van der Waals surface area contributed by atoms with Crippen LogP contribution in [0, 0.1) is 0 Å². The molecule has 0 bridgehead atoms. The average molecular weight is 87.2 g/mol. The Morgan fingerprint density at radius 3 is 1.50 bits per heavy atom. The molecule has 0 spiro atoms. The molecule has 0 aromatic carbocycles. The Morgan fingerprint density at radius 2 is 1.50 bits per heavy atom. The summed E-state index contributed by atoms with van der Waals surface area (Å²) in [6.45, 7) is 6.75. The van der Waals surface area contributed by atoms with Crippen molar-refractivity contribution in [1.29, 1.82) is 0 Å². The van der Waals surface area contributed by atoms with Crippen LogP contribution in [-0.2, 0) is 0 Å². The van der Waals surface area contributed by atoms with E-state index >= 15 is 0 Å². The van der Waals surface area contributed by atoms with Crippen molar-refractivity contribution in [2.75, 3.05) is 13.1 Å². The number of rotatable bonds is 0. The first-order chi connectivity index (χ1) is 2.91. The SMILES string of the molecule is C1CN1.CCC. The molecule has 0 aromatic heterocycles. The second-order valence-corrected chi connectivity index (χ2v) is 1.46. The Balaban J connectivity index is 0.0000000833. The molecule has 0 aromatic rings. The van der Waals surface area contributed by atoms with E-state index in [0.29, 0.717) is 0 Å². The van der Waals surface area contributed by atoms with E-state index in [1.54, 1.807) is 0 Å². The highest BCUT2D eigenvalue weighted by Crippen LogP contribution is 1.65. The summed E-state index contributed by atoms with van der Waals surface area (Å²) >= 11 is 0. The Bertz CT molecular complexity index is 15.1. The summed E-state index contributed by atoms with van der Waals surface area (Å²) in [6, 6.07) is 0. The normalized spacial score (nSPS) is 15.0. The van der Waals surface area contributed by atoms with Gasteiger partial charge in [0, 0.05) is 13.1 Å². The summed E-state index contributed by atoms with van der Waals surface area (Å²) in [5, 5.41) is 3.00. The van der Waals surface area contributed by atoms with Gasteiger partial charge in [-0.2, -0.15) is 0 Å². The number of hydrogen-bond acceptors (Lipinski definition) is 1. The van der Waals surface area contributed by atoms with E-state index in [0.717, 1.165) is 0 Å². The fraction of sp³-hybridized carbons (Fsp3) is 1.00. The van der Waals surface area contributed by atoms with Crippen molar-refractivity contribution in [2.24, 2.45) is 0 Å². The van der Waals surface area contributed by atoms with Crippen LogP contribution in [0.2, 0.25) is 0 Å². The summed E-state index contributed by atoms with van der Waals surface area (Å²) in [6.07, 6.45) is 1.25. The van der Waals surface area contributed by atoms with Gasteiger partial charge in [0.1, 0.15) is 0 Å². The second-order valence-electron chi connectivity index (χ2n) is 1.46. The molecule has 38 valence electrons. The molecular formula is C5H13N. The van der Waals surface area contributed by atoms with Crippen LogP contribution in [0.1, 0.15) is 20.3 Å². The smallest absolute Gasteiger partial charge is 0.00772 e. The van der Waals surface area contributed by atoms with Gasteiger partial charge in [0.25, 0.3) is 0 Å². The van der Waals surface area contributed by atoms with E-state index < -0.39 is 0 Å². The Kier molecular flexibility index (Phi) is 4.93. The highest BCUT2D eigenvalue weighted by Gasteiger charge is 1.91. The maximum absolute atomic E-state index is 3.00. The van der Waals surface area contributed by atoms with Gasteiger partial charge in [-0.25, -0.2) is 0 Å². The molecule has 1 nitrogen and oxygen atoms in total. The Labute approximate surface area is 39.7 Å². The standard InChI is InChI=1S/C3H8.C2H5N/c1-3-2;1-2-3-1/h3H2,1-2H3;3H,1-2H2. The first kappa shape index (κ1) is 5.96. The summed E-state index contributed by atoms with van der Waals surface area (Å²) < 4.78 is 0. The molecule has 1 aliphatic heterocycles. The van der Waals surface area contributed by atoms with E-state index in [1.807, 2.05) is 0 Å². The summed E-state index contributed by atoms with van der Waals surface area (Å²) in [5.41, 5.74) is 0. The molecule has 6 heavy (non-hydrogen) atoms. The zero-order valence-electron chi connectivity index (χ0n) is 4.62. The van der Waals surface area contributed by atoms with Crippen LogP contribution in [0.5, 0.6) is 0 Å². The largest absolute Gasteiger partial charge is 0.314 e. The fourth-order valence-electron chi connectivity index (χ4n) is 0. The van der Waals surface area contributed by atoms with Gasteiger partial charge in [0.05, 0.1) is 0 Å². The lowest BCUT2D eigenvalue weighted by Crippen LogP contribution is -1.56. The highest BCUT2D eigenvalue weighted by atomic mass is 15.0. The molecule has 0 radical (unpaired) electrons. The van der Waals surface area contributed by atoms with Crippen molar-refractivity contribution in [3.05, 3.63) is 0 Å². The van der Waals surface area contributed by atoms with Crippen LogP contribution in [-0.4, -0.2) is 13.1 Å². The molecule has 0 unspecified atom stereocenters. The van der Waals surface area contributed by atoms with E-state index in [2.05, 4.69) is 19.2 Å². The monoisotopic (exact) mass is 87.1 g/mol. The predicted octanol–water partition coefficient (Wildman–Crippen LogP) is 1.01. The third-order valence-electron chi connectivity index (χ3n) is 0.250. The topological polar surface area (TPSA) is 21.9 Å². The molecule has 1 fully saturated rings. The van der Waals surface area contributed by atoms with Crippen molar-refractivity contribution in [2.45, 2.75) is 20.3 Å².